The summed E-state index contributed by atoms with van der Waals surface area (Å²) in [4.78, 5) is 21.8. The molecule has 3 nitrogen and oxygen atoms in total. The van der Waals surface area contributed by atoms with Crippen molar-refractivity contribution in [3.05, 3.63) is 34.9 Å². The standard InChI is InChI=1S/C9H3Cl2NO2/c10-8(13)6-3-1-2-5(4-12)7(6)9(11)14/h1-3H. The Labute approximate surface area is 89.8 Å². The Hall–Kier alpha value is -1.37. The fraction of sp³-hybridized carbons (Fsp3) is 0. The van der Waals surface area contributed by atoms with Crippen LogP contribution < -0.4 is 0 Å². The number of hydrogen-bond donors (Lipinski definition) is 0. The van der Waals surface area contributed by atoms with Crippen LogP contribution >= 0.6 is 23.2 Å². The lowest BCUT2D eigenvalue weighted by atomic mass is 10.0. The smallest absolute Gasteiger partial charge is 0.254 e. The van der Waals surface area contributed by atoms with Gasteiger partial charge < -0.3 is 0 Å². The molecule has 0 aromatic heterocycles. The number of nitrogens with zero attached hydrogens (tertiary/aromatic N) is 1. The summed E-state index contributed by atoms with van der Waals surface area (Å²) in [6.07, 6.45) is 0. The first-order valence-corrected chi connectivity index (χ1v) is 4.26. The van der Waals surface area contributed by atoms with Crippen LogP contribution in [0.4, 0.5) is 0 Å². The lowest BCUT2D eigenvalue weighted by molar-refractivity contribution is 0.105. The first kappa shape index (κ1) is 10.7. The summed E-state index contributed by atoms with van der Waals surface area (Å²) in [5.41, 5.74) is -0.154. The highest BCUT2D eigenvalue weighted by molar-refractivity contribution is 6.72. The van der Waals surface area contributed by atoms with E-state index in [0.717, 1.165) is 0 Å². The van der Waals surface area contributed by atoms with Crippen molar-refractivity contribution in [3.8, 4) is 6.07 Å². The Morgan fingerprint density at radius 2 is 1.86 bits per heavy atom. The van der Waals surface area contributed by atoms with Crippen LogP contribution in [0, 0.1) is 11.3 Å². The minimum atomic E-state index is -0.869. The van der Waals surface area contributed by atoms with E-state index in [1.807, 2.05) is 0 Å². The van der Waals surface area contributed by atoms with Gasteiger partial charge in [0.1, 0.15) is 0 Å². The van der Waals surface area contributed by atoms with Gasteiger partial charge in [-0.05, 0) is 35.3 Å². The van der Waals surface area contributed by atoms with E-state index >= 15 is 0 Å². The summed E-state index contributed by atoms with van der Waals surface area (Å²) in [7, 11) is 0. The summed E-state index contributed by atoms with van der Waals surface area (Å²) < 4.78 is 0. The summed E-state index contributed by atoms with van der Waals surface area (Å²) in [6.45, 7) is 0. The molecule has 5 heteroatoms. The second kappa shape index (κ2) is 4.23. The first-order chi connectivity index (χ1) is 6.57. The lowest BCUT2D eigenvalue weighted by Crippen LogP contribution is -2.03. The van der Waals surface area contributed by atoms with E-state index in [1.165, 1.54) is 18.2 Å². The van der Waals surface area contributed by atoms with Gasteiger partial charge in [0.25, 0.3) is 10.5 Å². The van der Waals surface area contributed by atoms with Crippen LogP contribution in [0.15, 0.2) is 18.2 Å². The Morgan fingerprint density at radius 3 is 2.29 bits per heavy atom. The molecule has 0 heterocycles. The second-order valence-corrected chi connectivity index (χ2v) is 3.07. The van der Waals surface area contributed by atoms with E-state index in [9.17, 15) is 9.59 Å². The normalized spacial score (nSPS) is 9.21. The Balaban J connectivity index is 3.53. The van der Waals surface area contributed by atoms with Gasteiger partial charge in [0.2, 0.25) is 0 Å². The maximum Gasteiger partial charge on any atom is 0.254 e. The molecular weight excluding hydrogens is 225 g/mol. The molecule has 14 heavy (non-hydrogen) atoms. The number of halogens is 2. The van der Waals surface area contributed by atoms with Crippen molar-refractivity contribution in [2.75, 3.05) is 0 Å². The molecule has 0 saturated heterocycles. The first-order valence-electron chi connectivity index (χ1n) is 3.50. The van der Waals surface area contributed by atoms with Gasteiger partial charge in [-0.1, -0.05) is 6.07 Å². The third kappa shape index (κ3) is 1.92. The van der Waals surface area contributed by atoms with Gasteiger partial charge in [0.05, 0.1) is 17.2 Å². The van der Waals surface area contributed by atoms with Crippen molar-refractivity contribution in [2.45, 2.75) is 0 Å². The largest absolute Gasteiger partial charge is 0.276 e. The van der Waals surface area contributed by atoms with Gasteiger partial charge >= 0.3 is 0 Å². The fourth-order valence-electron chi connectivity index (χ4n) is 1.02. The summed E-state index contributed by atoms with van der Waals surface area (Å²) in [5.74, 6) is 0. The average molecular weight is 228 g/mol. The van der Waals surface area contributed by atoms with Crippen LogP contribution in [-0.2, 0) is 0 Å². The van der Waals surface area contributed by atoms with Gasteiger partial charge in [0.15, 0.2) is 0 Å². The Bertz CT molecular complexity index is 449. The van der Waals surface area contributed by atoms with Crippen molar-refractivity contribution in [2.24, 2.45) is 0 Å². The van der Waals surface area contributed by atoms with E-state index in [2.05, 4.69) is 0 Å². The zero-order chi connectivity index (χ0) is 10.7. The number of hydrogen-bond acceptors (Lipinski definition) is 3. The van der Waals surface area contributed by atoms with Gasteiger partial charge in [-0.3, -0.25) is 9.59 Å². The number of carbonyl (C=O) groups is 2. The van der Waals surface area contributed by atoms with E-state index < -0.39 is 10.5 Å². The predicted molar refractivity (Wildman–Crippen MR) is 51.5 cm³/mol. The highest BCUT2D eigenvalue weighted by Gasteiger charge is 2.17. The summed E-state index contributed by atoms with van der Waals surface area (Å²) in [6, 6.07) is 5.94. The molecule has 1 rings (SSSR count). The zero-order valence-corrected chi connectivity index (χ0v) is 8.26. The van der Waals surface area contributed by atoms with E-state index in [1.54, 1.807) is 6.07 Å². The van der Waals surface area contributed by atoms with Crippen LogP contribution in [-0.4, -0.2) is 10.5 Å². The van der Waals surface area contributed by atoms with Crippen molar-refractivity contribution in [1.29, 1.82) is 5.26 Å². The molecule has 0 N–H and O–H groups in total. The second-order valence-electron chi connectivity index (χ2n) is 2.39. The molecule has 1 aromatic rings. The third-order valence-electron chi connectivity index (χ3n) is 1.59. The van der Waals surface area contributed by atoms with Crippen LogP contribution in [0.25, 0.3) is 0 Å². The lowest BCUT2D eigenvalue weighted by Gasteiger charge is -2.01. The van der Waals surface area contributed by atoms with Crippen molar-refractivity contribution in [1.82, 2.24) is 0 Å². The molecular formula is C9H3Cl2NO2. The molecule has 0 aliphatic heterocycles. The monoisotopic (exact) mass is 227 g/mol. The van der Waals surface area contributed by atoms with Crippen molar-refractivity contribution < 1.29 is 9.59 Å². The van der Waals surface area contributed by atoms with Crippen molar-refractivity contribution >= 4 is 33.7 Å². The quantitative estimate of drug-likeness (QED) is 0.729. The van der Waals surface area contributed by atoms with Crippen molar-refractivity contribution in [3.63, 3.8) is 0 Å². The molecule has 0 bridgehead atoms. The minimum Gasteiger partial charge on any atom is -0.276 e. The van der Waals surface area contributed by atoms with Crippen LogP contribution in [0.3, 0.4) is 0 Å². The number of carbonyl (C=O) groups excluding carboxylic acids is 2. The SMILES string of the molecule is N#Cc1cccc(C(=O)Cl)c1C(=O)Cl. The van der Waals surface area contributed by atoms with E-state index in [-0.39, 0.29) is 16.7 Å². The van der Waals surface area contributed by atoms with Gasteiger partial charge in [-0.25, -0.2) is 0 Å². The van der Waals surface area contributed by atoms with E-state index in [4.69, 9.17) is 28.5 Å². The fourth-order valence-corrected chi connectivity index (χ4v) is 1.38. The highest BCUT2D eigenvalue weighted by Crippen LogP contribution is 2.18. The third-order valence-corrected chi connectivity index (χ3v) is 1.99. The van der Waals surface area contributed by atoms with Crippen LogP contribution in [0.1, 0.15) is 26.3 Å². The molecule has 0 amide bonds. The molecule has 70 valence electrons. The molecule has 0 radical (unpaired) electrons. The number of nitriles is 1. The average Bonchev–Trinajstić information content (AvgIpc) is 2.16. The molecule has 0 saturated carbocycles. The molecule has 0 atom stereocenters. The van der Waals surface area contributed by atoms with Gasteiger partial charge in [-0.15, -0.1) is 0 Å². The number of benzene rings is 1. The molecule has 0 unspecified atom stereocenters. The molecule has 1 aromatic carbocycles. The Morgan fingerprint density at radius 1 is 1.21 bits per heavy atom. The molecule has 0 aliphatic rings. The molecule has 0 aliphatic carbocycles. The maximum absolute atomic E-state index is 11.0. The number of rotatable bonds is 2. The summed E-state index contributed by atoms with van der Waals surface area (Å²) in [5, 5.41) is 6.98. The minimum absolute atomic E-state index is 0.0384. The highest BCUT2D eigenvalue weighted by atomic mass is 35.5. The zero-order valence-electron chi connectivity index (χ0n) is 6.75. The predicted octanol–water partition coefficient (Wildman–Crippen LogP) is 2.32. The maximum atomic E-state index is 11.0. The van der Waals surface area contributed by atoms with Crippen LogP contribution in [0.2, 0.25) is 0 Å². The van der Waals surface area contributed by atoms with Crippen LogP contribution in [0.5, 0.6) is 0 Å². The van der Waals surface area contributed by atoms with Gasteiger partial charge in [0, 0.05) is 5.56 Å². The summed E-state index contributed by atoms with van der Waals surface area (Å²) >= 11 is 10.5. The Kier molecular flexibility index (Phi) is 3.23. The molecule has 0 spiro atoms. The molecule has 0 fully saturated rings. The topological polar surface area (TPSA) is 57.9 Å². The van der Waals surface area contributed by atoms with E-state index in [0.29, 0.717) is 0 Å². The van der Waals surface area contributed by atoms with Gasteiger partial charge in [-0.2, -0.15) is 5.26 Å².